The first-order valence-electron chi connectivity index (χ1n) is 6.27. The van der Waals surface area contributed by atoms with Gasteiger partial charge < -0.3 is 15.4 Å². The molecular weight excluding hydrogens is 240 g/mol. The highest BCUT2D eigenvalue weighted by atomic mass is 16.5. The zero-order valence-corrected chi connectivity index (χ0v) is 11.2. The molecule has 0 saturated carbocycles. The van der Waals surface area contributed by atoms with E-state index >= 15 is 0 Å². The summed E-state index contributed by atoms with van der Waals surface area (Å²) in [6.07, 6.45) is 0. The van der Waals surface area contributed by atoms with E-state index in [4.69, 9.17) is 10.5 Å². The van der Waals surface area contributed by atoms with Gasteiger partial charge in [0.1, 0.15) is 5.75 Å². The van der Waals surface area contributed by atoms with Crippen molar-refractivity contribution in [2.24, 2.45) is 0 Å². The van der Waals surface area contributed by atoms with Crippen molar-refractivity contribution in [3.05, 3.63) is 36.4 Å². The van der Waals surface area contributed by atoms with Gasteiger partial charge in [-0.25, -0.2) is 0 Å². The second kappa shape index (κ2) is 5.61. The smallest absolute Gasteiger partial charge is 0.260 e. The number of nitrogens with zero attached hydrogens (tertiary/aromatic N) is 1. The van der Waals surface area contributed by atoms with Crippen molar-refractivity contribution >= 4 is 22.4 Å². The average molecular weight is 258 g/mol. The number of likely N-dealkylation sites (N-methyl/N-ethyl adjacent to an activating group) is 1. The summed E-state index contributed by atoms with van der Waals surface area (Å²) in [5.41, 5.74) is 6.63. The van der Waals surface area contributed by atoms with Gasteiger partial charge in [0.15, 0.2) is 6.61 Å². The van der Waals surface area contributed by atoms with Crippen LogP contribution in [0.15, 0.2) is 36.4 Å². The highest BCUT2D eigenvalue weighted by Gasteiger charge is 2.09. The van der Waals surface area contributed by atoms with Gasteiger partial charge in [0.25, 0.3) is 5.91 Å². The summed E-state index contributed by atoms with van der Waals surface area (Å²) in [7, 11) is 1.76. The van der Waals surface area contributed by atoms with Crippen molar-refractivity contribution in [2.75, 3.05) is 25.9 Å². The number of anilines is 1. The molecule has 0 unspecified atom stereocenters. The predicted octanol–water partition coefficient (Wildman–Crippen LogP) is 2.28. The Balaban J connectivity index is 2.22. The van der Waals surface area contributed by atoms with E-state index in [2.05, 4.69) is 0 Å². The summed E-state index contributed by atoms with van der Waals surface area (Å²) in [6.45, 7) is 2.64. The van der Waals surface area contributed by atoms with Crippen LogP contribution in [0, 0.1) is 0 Å². The van der Waals surface area contributed by atoms with Gasteiger partial charge in [-0.2, -0.15) is 0 Å². The number of rotatable bonds is 4. The Bertz CT molecular complexity index is 596. The zero-order valence-electron chi connectivity index (χ0n) is 11.2. The Morgan fingerprint density at radius 2 is 1.89 bits per heavy atom. The van der Waals surface area contributed by atoms with E-state index in [0.717, 1.165) is 10.8 Å². The summed E-state index contributed by atoms with van der Waals surface area (Å²) < 4.78 is 5.61. The number of nitrogen functional groups attached to an aromatic ring is 1. The molecule has 2 rings (SSSR count). The van der Waals surface area contributed by atoms with Gasteiger partial charge in [-0.15, -0.1) is 0 Å². The normalized spacial score (nSPS) is 10.4. The van der Waals surface area contributed by atoms with Crippen LogP contribution in [-0.4, -0.2) is 31.0 Å². The van der Waals surface area contributed by atoms with E-state index in [0.29, 0.717) is 18.0 Å². The molecule has 2 aromatic rings. The lowest BCUT2D eigenvalue weighted by atomic mass is 10.1. The molecule has 0 spiro atoms. The maximum absolute atomic E-state index is 11.7. The fourth-order valence-electron chi connectivity index (χ4n) is 1.85. The quantitative estimate of drug-likeness (QED) is 0.856. The van der Waals surface area contributed by atoms with Crippen LogP contribution >= 0.6 is 0 Å². The van der Waals surface area contributed by atoms with Gasteiger partial charge in [-0.05, 0) is 19.1 Å². The third-order valence-electron chi connectivity index (χ3n) is 3.17. The highest BCUT2D eigenvalue weighted by Crippen LogP contribution is 2.29. The molecule has 0 radical (unpaired) electrons. The first-order valence-corrected chi connectivity index (χ1v) is 6.27. The third-order valence-corrected chi connectivity index (χ3v) is 3.17. The van der Waals surface area contributed by atoms with Crippen LogP contribution < -0.4 is 10.5 Å². The number of fused-ring (bicyclic) bond motifs is 1. The van der Waals surface area contributed by atoms with Crippen LogP contribution in [0.25, 0.3) is 10.8 Å². The van der Waals surface area contributed by atoms with Crippen LogP contribution in [0.5, 0.6) is 5.75 Å². The topological polar surface area (TPSA) is 55.6 Å². The van der Waals surface area contributed by atoms with Crippen molar-refractivity contribution in [3.8, 4) is 5.75 Å². The molecule has 1 amide bonds. The van der Waals surface area contributed by atoms with E-state index in [1.807, 2.05) is 31.2 Å². The van der Waals surface area contributed by atoms with E-state index in [1.54, 1.807) is 24.1 Å². The van der Waals surface area contributed by atoms with Gasteiger partial charge in [0.05, 0.1) is 0 Å². The van der Waals surface area contributed by atoms with E-state index in [-0.39, 0.29) is 12.5 Å². The zero-order chi connectivity index (χ0) is 13.8. The van der Waals surface area contributed by atoms with Crippen LogP contribution in [-0.2, 0) is 4.79 Å². The molecule has 19 heavy (non-hydrogen) atoms. The summed E-state index contributed by atoms with van der Waals surface area (Å²) in [5, 5.41) is 1.87. The third kappa shape index (κ3) is 2.78. The lowest BCUT2D eigenvalue weighted by Crippen LogP contribution is -2.31. The molecule has 0 aromatic heterocycles. The summed E-state index contributed by atoms with van der Waals surface area (Å²) in [5.74, 6) is 0.644. The van der Waals surface area contributed by atoms with Crippen molar-refractivity contribution < 1.29 is 9.53 Å². The number of hydrogen-bond donors (Lipinski definition) is 1. The second-order valence-electron chi connectivity index (χ2n) is 4.40. The Kier molecular flexibility index (Phi) is 3.90. The van der Waals surface area contributed by atoms with Gasteiger partial charge in [0, 0.05) is 30.1 Å². The predicted molar refractivity (Wildman–Crippen MR) is 77.2 cm³/mol. The molecule has 0 aliphatic carbocycles. The van der Waals surface area contributed by atoms with Crippen molar-refractivity contribution in [1.29, 1.82) is 0 Å². The number of amides is 1. The Morgan fingerprint density at radius 3 is 2.58 bits per heavy atom. The monoisotopic (exact) mass is 258 g/mol. The fourth-order valence-corrected chi connectivity index (χ4v) is 1.85. The summed E-state index contributed by atoms with van der Waals surface area (Å²) in [6, 6.07) is 11.3. The van der Waals surface area contributed by atoms with Crippen LogP contribution in [0.4, 0.5) is 5.69 Å². The molecule has 2 N–H and O–H groups in total. The molecule has 0 bridgehead atoms. The minimum absolute atomic E-state index is 0.0385. The molecule has 0 atom stereocenters. The minimum atomic E-state index is -0.0385. The maximum atomic E-state index is 11.7. The molecule has 0 fully saturated rings. The van der Waals surface area contributed by atoms with E-state index < -0.39 is 0 Å². The van der Waals surface area contributed by atoms with Gasteiger partial charge in [-0.3, -0.25) is 4.79 Å². The molecule has 0 aliphatic rings. The van der Waals surface area contributed by atoms with Crippen molar-refractivity contribution in [3.63, 3.8) is 0 Å². The number of nitrogens with two attached hydrogens (primary N) is 1. The average Bonchev–Trinajstić information content (AvgIpc) is 2.45. The molecule has 2 aromatic carbocycles. The first kappa shape index (κ1) is 13.2. The molecule has 4 nitrogen and oxygen atoms in total. The summed E-state index contributed by atoms with van der Waals surface area (Å²) >= 11 is 0. The minimum Gasteiger partial charge on any atom is -0.483 e. The second-order valence-corrected chi connectivity index (χ2v) is 4.40. The molecule has 0 heterocycles. The Labute approximate surface area is 112 Å². The van der Waals surface area contributed by atoms with Crippen LogP contribution in [0.2, 0.25) is 0 Å². The van der Waals surface area contributed by atoms with Crippen molar-refractivity contribution in [2.45, 2.75) is 6.92 Å². The molecule has 0 saturated heterocycles. The number of hydrogen-bond acceptors (Lipinski definition) is 3. The van der Waals surface area contributed by atoms with Gasteiger partial charge in [-0.1, -0.05) is 24.3 Å². The molecule has 100 valence electrons. The molecule has 4 heteroatoms. The lowest BCUT2D eigenvalue weighted by molar-refractivity contribution is -0.131. The van der Waals surface area contributed by atoms with Crippen LogP contribution in [0.1, 0.15) is 6.92 Å². The van der Waals surface area contributed by atoms with E-state index in [1.165, 1.54) is 0 Å². The Morgan fingerprint density at radius 1 is 1.21 bits per heavy atom. The lowest BCUT2D eigenvalue weighted by Gasteiger charge is -2.16. The Hall–Kier alpha value is -2.23. The number of ether oxygens (including phenoxy) is 1. The number of benzene rings is 2. The number of carbonyl (C=O) groups is 1. The number of carbonyl (C=O) groups excluding carboxylic acids is 1. The van der Waals surface area contributed by atoms with Gasteiger partial charge >= 0.3 is 0 Å². The van der Waals surface area contributed by atoms with E-state index in [9.17, 15) is 4.79 Å². The van der Waals surface area contributed by atoms with Gasteiger partial charge in [0.2, 0.25) is 0 Å². The fraction of sp³-hybridized carbons (Fsp3) is 0.267. The highest BCUT2D eigenvalue weighted by molar-refractivity contribution is 5.97. The SMILES string of the molecule is CCN(C)C(=O)COc1ccc(N)c2ccccc12. The molecular formula is C15H18N2O2. The largest absolute Gasteiger partial charge is 0.483 e. The first-order chi connectivity index (χ1) is 9.13. The standard InChI is InChI=1S/C15H18N2O2/c1-3-17(2)15(18)10-19-14-9-8-13(16)11-6-4-5-7-12(11)14/h4-9H,3,10,16H2,1-2H3. The maximum Gasteiger partial charge on any atom is 0.260 e. The summed E-state index contributed by atoms with van der Waals surface area (Å²) in [4.78, 5) is 13.4. The molecule has 0 aliphatic heterocycles. The van der Waals surface area contributed by atoms with Crippen LogP contribution in [0.3, 0.4) is 0 Å². The van der Waals surface area contributed by atoms with Crippen molar-refractivity contribution in [1.82, 2.24) is 4.90 Å².